The topological polar surface area (TPSA) is 105 Å². The van der Waals surface area contributed by atoms with Gasteiger partial charge < -0.3 is 14.8 Å². The maximum Gasteiger partial charge on any atom is 0.351 e. The zero-order valence-corrected chi connectivity index (χ0v) is 12.0. The molecule has 1 aromatic carbocycles. The Balaban J connectivity index is 3.28. The molecule has 0 heterocycles. The number of halogens is 1. The third kappa shape index (κ3) is 3.61. The number of rotatable bonds is 7. The van der Waals surface area contributed by atoms with Crippen LogP contribution in [-0.4, -0.2) is 18.1 Å². The molecule has 0 aliphatic carbocycles. The van der Waals surface area contributed by atoms with Crippen molar-refractivity contribution in [3.05, 3.63) is 39.7 Å². The lowest BCUT2D eigenvalue weighted by Gasteiger charge is -2.23. The number of nitro benzene ring substituents is 1. The first-order chi connectivity index (χ1) is 9.35. The minimum absolute atomic E-state index is 0.0694. The highest BCUT2D eigenvalue weighted by Gasteiger charge is 2.37. The summed E-state index contributed by atoms with van der Waals surface area (Å²) in [6.45, 7) is 3.33. The van der Waals surface area contributed by atoms with E-state index in [0.29, 0.717) is 0 Å². The Morgan fingerprint density at radius 3 is 2.40 bits per heavy atom. The molecule has 2 N–H and O–H groups in total. The predicted molar refractivity (Wildman–Crippen MR) is 70.8 cm³/mol. The molecule has 0 spiro atoms. The number of benzene rings is 1. The highest BCUT2D eigenvalue weighted by molar-refractivity contribution is 7.54. The Labute approximate surface area is 115 Å². The van der Waals surface area contributed by atoms with Crippen molar-refractivity contribution in [3.8, 4) is 0 Å². The molecule has 0 aromatic heterocycles. The number of nitro groups is 1. The van der Waals surface area contributed by atoms with Gasteiger partial charge in [-0.3, -0.25) is 14.7 Å². The minimum Gasteiger partial charge on any atom is -0.314 e. The van der Waals surface area contributed by atoms with Gasteiger partial charge in [0.15, 0.2) is 0 Å². The molecule has 0 bridgehead atoms. The van der Waals surface area contributed by atoms with E-state index in [1.54, 1.807) is 13.8 Å². The van der Waals surface area contributed by atoms with Crippen LogP contribution >= 0.6 is 7.60 Å². The molecule has 0 aliphatic rings. The van der Waals surface area contributed by atoms with E-state index in [9.17, 15) is 19.1 Å². The van der Waals surface area contributed by atoms with E-state index in [4.69, 9.17) is 14.8 Å². The second-order valence-electron chi connectivity index (χ2n) is 3.78. The molecular formula is C11H16FN2O5P. The van der Waals surface area contributed by atoms with Crippen LogP contribution in [0.15, 0.2) is 18.2 Å². The molecule has 20 heavy (non-hydrogen) atoms. The third-order valence-electron chi connectivity index (χ3n) is 2.47. The molecule has 1 atom stereocenters. The van der Waals surface area contributed by atoms with E-state index in [0.717, 1.165) is 18.2 Å². The molecule has 1 rings (SSSR count). The molecule has 0 saturated heterocycles. The largest absolute Gasteiger partial charge is 0.351 e. The Kier molecular flexibility index (Phi) is 5.76. The fraction of sp³-hybridized carbons (Fsp3) is 0.455. The van der Waals surface area contributed by atoms with Crippen molar-refractivity contribution >= 4 is 13.3 Å². The maximum atomic E-state index is 13.1. The Bertz CT molecular complexity index is 530. The highest BCUT2D eigenvalue weighted by Crippen LogP contribution is 2.59. The second kappa shape index (κ2) is 6.90. The highest BCUT2D eigenvalue weighted by atomic mass is 31.2. The quantitative estimate of drug-likeness (QED) is 0.471. The first-order valence-electron chi connectivity index (χ1n) is 5.94. The van der Waals surface area contributed by atoms with Gasteiger partial charge in [-0.15, -0.1) is 0 Å². The molecule has 0 radical (unpaired) electrons. The number of nitrogens with two attached hydrogens (primary N) is 1. The second-order valence-corrected chi connectivity index (χ2v) is 5.93. The molecule has 7 nitrogen and oxygen atoms in total. The summed E-state index contributed by atoms with van der Waals surface area (Å²) in [7, 11) is -3.76. The summed E-state index contributed by atoms with van der Waals surface area (Å²) in [6.07, 6.45) is 0. The summed E-state index contributed by atoms with van der Waals surface area (Å²) >= 11 is 0. The van der Waals surface area contributed by atoms with Crippen molar-refractivity contribution in [3.63, 3.8) is 0 Å². The van der Waals surface area contributed by atoms with Crippen LogP contribution in [0.1, 0.15) is 25.2 Å². The SMILES string of the molecule is CCOP(=O)(OCC)[C@H](N)c1ccc(F)cc1[N+](=O)[O-]. The lowest BCUT2D eigenvalue weighted by Crippen LogP contribution is -2.16. The van der Waals surface area contributed by atoms with E-state index >= 15 is 0 Å². The molecule has 0 fully saturated rings. The average Bonchev–Trinajstić information content (AvgIpc) is 2.38. The van der Waals surface area contributed by atoms with E-state index in [-0.39, 0.29) is 18.8 Å². The fourth-order valence-corrected chi connectivity index (χ4v) is 3.33. The van der Waals surface area contributed by atoms with Gasteiger partial charge in [0.2, 0.25) is 0 Å². The lowest BCUT2D eigenvalue weighted by molar-refractivity contribution is -0.385. The van der Waals surface area contributed by atoms with Gasteiger partial charge in [0.1, 0.15) is 11.6 Å². The Hall–Kier alpha value is -1.34. The summed E-state index contributed by atoms with van der Waals surface area (Å²) in [5.74, 6) is -2.14. The molecule has 0 unspecified atom stereocenters. The van der Waals surface area contributed by atoms with Gasteiger partial charge >= 0.3 is 7.60 Å². The summed E-state index contributed by atoms with van der Waals surface area (Å²) < 4.78 is 35.7. The molecule has 9 heteroatoms. The van der Waals surface area contributed by atoms with Crippen molar-refractivity contribution in [1.29, 1.82) is 0 Å². The maximum absolute atomic E-state index is 13.1. The number of nitrogens with zero attached hydrogens (tertiary/aromatic N) is 1. The molecule has 0 aliphatic heterocycles. The fourth-order valence-electron chi connectivity index (χ4n) is 1.65. The first kappa shape index (κ1) is 16.7. The van der Waals surface area contributed by atoms with Crippen LogP contribution in [-0.2, 0) is 13.6 Å². The molecule has 112 valence electrons. The molecule has 0 amide bonds. The summed E-state index contributed by atoms with van der Waals surface area (Å²) in [6, 6.07) is 2.84. The molecule has 0 saturated carbocycles. The normalized spacial score (nSPS) is 13.2. The van der Waals surface area contributed by atoms with Crippen LogP contribution < -0.4 is 5.73 Å². The van der Waals surface area contributed by atoms with Gasteiger partial charge in [0, 0.05) is 0 Å². The lowest BCUT2D eigenvalue weighted by atomic mass is 10.2. The standard InChI is InChI=1S/C11H16FN2O5P/c1-3-18-20(17,19-4-2)11(13)9-6-5-8(12)7-10(9)14(15)16/h5-7,11H,3-4,13H2,1-2H3/t11-/m0/s1. The molecular weight excluding hydrogens is 290 g/mol. The van der Waals surface area contributed by atoms with Gasteiger partial charge in [0.05, 0.1) is 29.8 Å². The number of hydrogen-bond donors (Lipinski definition) is 1. The van der Waals surface area contributed by atoms with Crippen molar-refractivity contribution < 1.29 is 22.9 Å². The smallest absolute Gasteiger partial charge is 0.314 e. The first-order valence-corrected chi connectivity index (χ1v) is 7.55. The summed E-state index contributed by atoms with van der Waals surface area (Å²) in [4.78, 5) is 10.1. The van der Waals surface area contributed by atoms with Gasteiger partial charge in [-0.2, -0.15) is 0 Å². The van der Waals surface area contributed by atoms with Crippen LogP contribution in [0.3, 0.4) is 0 Å². The van der Waals surface area contributed by atoms with Crippen LogP contribution in [0, 0.1) is 15.9 Å². The van der Waals surface area contributed by atoms with Crippen molar-refractivity contribution in [2.45, 2.75) is 19.6 Å². The van der Waals surface area contributed by atoms with Crippen molar-refractivity contribution in [2.24, 2.45) is 5.73 Å². The van der Waals surface area contributed by atoms with E-state index in [2.05, 4.69) is 0 Å². The van der Waals surface area contributed by atoms with Gasteiger partial charge in [-0.1, -0.05) is 0 Å². The Morgan fingerprint density at radius 2 is 1.95 bits per heavy atom. The van der Waals surface area contributed by atoms with Gasteiger partial charge in [-0.05, 0) is 26.0 Å². The average molecular weight is 306 g/mol. The van der Waals surface area contributed by atoms with E-state index < -0.39 is 29.8 Å². The van der Waals surface area contributed by atoms with Gasteiger partial charge in [-0.25, -0.2) is 4.39 Å². The van der Waals surface area contributed by atoms with Crippen LogP contribution in [0.25, 0.3) is 0 Å². The number of hydrogen-bond acceptors (Lipinski definition) is 6. The van der Waals surface area contributed by atoms with Crippen LogP contribution in [0.5, 0.6) is 0 Å². The van der Waals surface area contributed by atoms with Crippen LogP contribution in [0.4, 0.5) is 10.1 Å². The predicted octanol–water partition coefficient (Wildman–Crippen LogP) is 2.96. The monoisotopic (exact) mass is 306 g/mol. The minimum atomic E-state index is -3.76. The van der Waals surface area contributed by atoms with Gasteiger partial charge in [0.25, 0.3) is 5.69 Å². The summed E-state index contributed by atoms with van der Waals surface area (Å²) in [5.41, 5.74) is 5.14. The van der Waals surface area contributed by atoms with E-state index in [1.165, 1.54) is 0 Å². The van der Waals surface area contributed by atoms with Crippen LogP contribution in [0.2, 0.25) is 0 Å². The molecule has 1 aromatic rings. The van der Waals surface area contributed by atoms with Crippen molar-refractivity contribution in [1.82, 2.24) is 0 Å². The third-order valence-corrected chi connectivity index (χ3v) is 4.66. The summed E-state index contributed by atoms with van der Waals surface area (Å²) in [5, 5.41) is 10.9. The van der Waals surface area contributed by atoms with Crippen molar-refractivity contribution in [2.75, 3.05) is 13.2 Å². The van der Waals surface area contributed by atoms with E-state index in [1.807, 2.05) is 0 Å². The zero-order chi connectivity index (χ0) is 15.3. The Morgan fingerprint density at radius 1 is 1.40 bits per heavy atom. The zero-order valence-electron chi connectivity index (χ0n) is 11.1.